The minimum Gasteiger partial charge on any atom is -0.478 e. The molecule has 0 saturated carbocycles. The second-order valence-corrected chi connectivity index (χ2v) is 5.41. The Balaban J connectivity index is 1.91. The zero-order valence-corrected chi connectivity index (χ0v) is 13.1. The van der Waals surface area contributed by atoms with E-state index in [9.17, 15) is 22.8 Å². The number of ether oxygens (including phenoxy) is 1. The topological polar surface area (TPSA) is 71.5 Å². The van der Waals surface area contributed by atoms with Crippen molar-refractivity contribution >= 4 is 11.8 Å². The predicted molar refractivity (Wildman–Crippen MR) is 78.0 cm³/mol. The van der Waals surface area contributed by atoms with E-state index in [1.165, 1.54) is 0 Å². The highest BCUT2D eigenvalue weighted by Crippen LogP contribution is 2.24. The van der Waals surface area contributed by atoms with Crippen LogP contribution in [-0.4, -0.2) is 47.6 Å². The Morgan fingerprint density at radius 2 is 2.25 bits per heavy atom. The van der Waals surface area contributed by atoms with Crippen LogP contribution in [0.5, 0.6) is 5.88 Å². The summed E-state index contributed by atoms with van der Waals surface area (Å²) in [6.07, 6.45) is -3.13. The van der Waals surface area contributed by atoms with Gasteiger partial charge in [-0.3, -0.25) is 9.59 Å². The summed E-state index contributed by atoms with van der Waals surface area (Å²) in [6, 6.07) is 3.42. The largest absolute Gasteiger partial charge is 0.478 e. The van der Waals surface area contributed by atoms with Gasteiger partial charge >= 0.3 is 6.18 Å². The van der Waals surface area contributed by atoms with E-state index in [-0.39, 0.29) is 19.5 Å². The first-order valence-electron chi connectivity index (χ1n) is 7.49. The molecule has 6 nitrogen and oxygen atoms in total. The third kappa shape index (κ3) is 4.84. The number of carbonyl (C=O) groups is 2. The third-order valence-electron chi connectivity index (χ3n) is 3.54. The highest BCUT2D eigenvalue weighted by Gasteiger charge is 2.40. The fraction of sp³-hybridized carbons (Fsp3) is 0.533. The zero-order valence-electron chi connectivity index (χ0n) is 13.1. The van der Waals surface area contributed by atoms with Crippen LogP contribution >= 0.6 is 0 Å². The van der Waals surface area contributed by atoms with E-state index in [0.29, 0.717) is 23.0 Å². The van der Waals surface area contributed by atoms with Crippen LogP contribution in [0.2, 0.25) is 0 Å². The van der Waals surface area contributed by atoms with Gasteiger partial charge in [-0.05, 0) is 13.0 Å². The fourth-order valence-corrected chi connectivity index (χ4v) is 2.47. The summed E-state index contributed by atoms with van der Waals surface area (Å²) >= 11 is 0. The summed E-state index contributed by atoms with van der Waals surface area (Å²) < 4.78 is 42.5. The molecule has 2 rings (SSSR count). The van der Waals surface area contributed by atoms with Crippen LogP contribution in [0, 0.1) is 5.92 Å². The molecular weight excluding hydrogens is 327 g/mol. The minimum absolute atomic E-state index is 0.131. The maximum absolute atomic E-state index is 12.4. The molecule has 1 fully saturated rings. The number of halogens is 3. The number of aromatic nitrogens is 1. The lowest BCUT2D eigenvalue weighted by Crippen LogP contribution is -2.37. The second-order valence-electron chi connectivity index (χ2n) is 5.41. The summed E-state index contributed by atoms with van der Waals surface area (Å²) in [5.41, 5.74) is 0.657. The maximum atomic E-state index is 12.4. The molecule has 0 aliphatic carbocycles. The fourth-order valence-electron chi connectivity index (χ4n) is 2.47. The Morgan fingerprint density at radius 1 is 1.50 bits per heavy atom. The molecule has 2 heterocycles. The first-order valence-corrected chi connectivity index (χ1v) is 7.49. The van der Waals surface area contributed by atoms with Gasteiger partial charge in [0.05, 0.1) is 12.5 Å². The Labute approximate surface area is 137 Å². The summed E-state index contributed by atoms with van der Waals surface area (Å²) in [7, 11) is 0. The highest BCUT2D eigenvalue weighted by atomic mass is 19.4. The van der Waals surface area contributed by atoms with Gasteiger partial charge in [-0.25, -0.2) is 4.98 Å². The molecule has 1 atom stereocenters. The van der Waals surface area contributed by atoms with Crippen molar-refractivity contribution in [3.8, 4) is 5.88 Å². The molecule has 1 aliphatic heterocycles. The molecule has 9 heteroatoms. The van der Waals surface area contributed by atoms with Crippen LogP contribution in [-0.2, 0) is 16.1 Å². The highest BCUT2D eigenvalue weighted by molar-refractivity contribution is 5.89. The van der Waals surface area contributed by atoms with Crippen molar-refractivity contribution in [1.29, 1.82) is 0 Å². The van der Waals surface area contributed by atoms with Gasteiger partial charge in [-0.1, -0.05) is 6.07 Å². The van der Waals surface area contributed by atoms with Crippen molar-refractivity contribution < 1.29 is 27.5 Å². The minimum atomic E-state index is -4.47. The van der Waals surface area contributed by atoms with Gasteiger partial charge in [0.15, 0.2) is 0 Å². The molecule has 0 bridgehead atoms. The number of carbonyl (C=O) groups excluding carboxylic acids is 2. The monoisotopic (exact) mass is 345 g/mol. The van der Waals surface area contributed by atoms with Crippen LogP contribution < -0.4 is 10.1 Å². The maximum Gasteiger partial charge on any atom is 0.406 e. The van der Waals surface area contributed by atoms with Gasteiger partial charge in [0.1, 0.15) is 6.54 Å². The molecule has 1 aromatic heterocycles. The first kappa shape index (κ1) is 18.0. The van der Waals surface area contributed by atoms with Crippen molar-refractivity contribution in [2.75, 3.05) is 19.7 Å². The van der Waals surface area contributed by atoms with E-state index in [1.807, 2.05) is 0 Å². The van der Waals surface area contributed by atoms with Gasteiger partial charge < -0.3 is 15.0 Å². The molecular formula is C15H18F3N3O3. The molecule has 1 N–H and O–H groups in total. The van der Waals surface area contributed by atoms with E-state index in [2.05, 4.69) is 10.3 Å². The van der Waals surface area contributed by atoms with Crippen molar-refractivity contribution in [2.24, 2.45) is 5.92 Å². The van der Waals surface area contributed by atoms with E-state index < -0.39 is 30.5 Å². The number of rotatable bonds is 6. The molecule has 1 unspecified atom stereocenters. The Hall–Kier alpha value is -2.32. The average molecular weight is 345 g/mol. The molecule has 0 radical (unpaired) electrons. The van der Waals surface area contributed by atoms with Gasteiger partial charge in [0.25, 0.3) is 0 Å². The standard InChI is InChI=1S/C15H18F3N3O3/c1-2-24-14-10(4-3-5-19-14)7-20-13(23)11-6-12(22)21(8-11)9-15(16,17)18/h3-5,11H,2,6-9H2,1H3,(H,20,23). The molecule has 2 amide bonds. The summed E-state index contributed by atoms with van der Waals surface area (Å²) in [5, 5.41) is 2.62. The zero-order chi connectivity index (χ0) is 17.7. The lowest BCUT2D eigenvalue weighted by atomic mass is 10.1. The van der Waals surface area contributed by atoms with Gasteiger partial charge in [-0.15, -0.1) is 0 Å². The van der Waals surface area contributed by atoms with Gasteiger partial charge in [0.2, 0.25) is 17.7 Å². The summed E-state index contributed by atoms with van der Waals surface area (Å²) in [6.45, 7) is 0.798. The quantitative estimate of drug-likeness (QED) is 0.848. The molecule has 1 aliphatic rings. The smallest absolute Gasteiger partial charge is 0.406 e. The number of likely N-dealkylation sites (tertiary alicyclic amines) is 1. The van der Waals surface area contributed by atoms with Crippen LogP contribution in [0.3, 0.4) is 0 Å². The van der Waals surface area contributed by atoms with Crippen LogP contribution in [0.25, 0.3) is 0 Å². The number of amides is 2. The lowest BCUT2D eigenvalue weighted by molar-refractivity contribution is -0.157. The molecule has 0 spiro atoms. The summed E-state index contributed by atoms with van der Waals surface area (Å²) in [4.78, 5) is 28.4. The Kier molecular flexibility index (Phi) is 5.63. The lowest BCUT2D eigenvalue weighted by Gasteiger charge is -2.18. The molecule has 0 aromatic carbocycles. The van der Waals surface area contributed by atoms with Crippen molar-refractivity contribution in [1.82, 2.24) is 15.2 Å². The van der Waals surface area contributed by atoms with Crippen molar-refractivity contribution in [3.05, 3.63) is 23.9 Å². The van der Waals surface area contributed by atoms with Crippen molar-refractivity contribution in [3.63, 3.8) is 0 Å². The van der Waals surface area contributed by atoms with E-state index >= 15 is 0 Å². The molecule has 24 heavy (non-hydrogen) atoms. The van der Waals surface area contributed by atoms with Crippen LogP contribution in [0.1, 0.15) is 18.9 Å². The first-order chi connectivity index (χ1) is 11.3. The predicted octanol–water partition coefficient (Wildman–Crippen LogP) is 1.51. The Bertz CT molecular complexity index is 607. The number of nitrogens with one attached hydrogen (secondary N) is 1. The van der Waals surface area contributed by atoms with Crippen LogP contribution in [0.15, 0.2) is 18.3 Å². The average Bonchev–Trinajstić information content (AvgIpc) is 2.85. The van der Waals surface area contributed by atoms with Gasteiger partial charge in [0, 0.05) is 31.3 Å². The summed E-state index contributed by atoms with van der Waals surface area (Å²) in [5.74, 6) is -1.52. The number of hydrogen-bond donors (Lipinski definition) is 1. The molecule has 1 saturated heterocycles. The number of alkyl halides is 3. The molecule has 132 valence electrons. The van der Waals surface area contributed by atoms with Crippen molar-refractivity contribution in [2.45, 2.75) is 26.1 Å². The van der Waals surface area contributed by atoms with Gasteiger partial charge in [-0.2, -0.15) is 13.2 Å². The SMILES string of the molecule is CCOc1ncccc1CNC(=O)C1CC(=O)N(CC(F)(F)F)C1. The van der Waals surface area contributed by atoms with E-state index in [4.69, 9.17) is 4.74 Å². The Morgan fingerprint density at radius 3 is 2.92 bits per heavy atom. The number of hydrogen-bond acceptors (Lipinski definition) is 4. The van der Waals surface area contributed by atoms with E-state index in [1.54, 1.807) is 25.3 Å². The van der Waals surface area contributed by atoms with Crippen LogP contribution in [0.4, 0.5) is 13.2 Å². The second kappa shape index (κ2) is 7.50. The number of nitrogens with zero attached hydrogens (tertiary/aromatic N) is 2. The number of pyridine rings is 1. The third-order valence-corrected chi connectivity index (χ3v) is 3.54. The molecule has 1 aromatic rings. The van der Waals surface area contributed by atoms with E-state index in [0.717, 1.165) is 0 Å². The normalized spacial score (nSPS) is 17.9.